The number of hydrogen-bond donors (Lipinski definition) is 1. The van der Waals surface area contributed by atoms with Crippen LogP contribution in [0.2, 0.25) is 0 Å². The van der Waals surface area contributed by atoms with Crippen molar-refractivity contribution in [3.63, 3.8) is 0 Å². The number of esters is 2. The van der Waals surface area contributed by atoms with E-state index in [0.717, 1.165) is 18.4 Å². The van der Waals surface area contributed by atoms with Gasteiger partial charge < -0.3 is 19.3 Å². The third kappa shape index (κ3) is 3.05. The highest BCUT2D eigenvalue weighted by Crippen LogP contribution is 2.48. The Morgan fingerprint density at radius 3 is 2.96 bits per heavy atom. The molecule has 126 valence electrons. The van der Waals surface area contributed by atoms with Crippen molar-refractivity contribution in [3.8, 4) is 0 Å². The first kappa shape index (κ1) is 16.2. The number of rotatable bonds is 2. The van der Waals surface area contributed by atoms with E-state index >= 15 is 0 Å². The van der Waals surface area contributed by atoms with Gasteiger partial charge in [-0.3, -0.25) is 4.79 Å². The Balaban J connectivity index is 1.96. The molecule has 6 heteroatoms. The lowest BCUT2D eigenvalue weighted by atomic mass is 9.87. The molecule has 23 heavy (non-hydrogen) atoms. The fourth-order valence-electron chi connectivity index (χ4n) is 3.41. The third-order valence-corrected chi connectivity index (χ3v) is 4.78. The Bertz CT molecular complexity index is 604. The number of allylic oxidation sites excluding steroid dienone is 1. The molecular formula is C17H22O6. The van der Waals surface area contributed by atoms with E-state index in [-0.39, 0.29) is 23.9 Å². The summed E-state index contributed by atoms with van der Waals surface area (Å²) in [5, 5.41) is 10.6. The molecule has 2 heterocycles. The Morgan fingerprint density at radius 1 is 1.52 bits per heavy atom. The van der Waals surface area contributed by atoms with Crippen molar-refractivity contribution in [3.05, 3.63) is 22.8 Å². The van der Waals surface area contributed by atoms with Crippen molar-refractivity contribution in [1.82, 2.24) is 0 Å². The van der Waals surface area contributed by atoms with Crippen LogP contribution in [0, 0.1) is 0 Å². The van der Waals surface area contributed by atoms with Crippen molar-refractivity contribution in [2.24, 2.45) is 0 Å². The van der Waals surface area contributed by atoms with E-state index in [2.05, 4.69) is 6.08 Å². The highest BCUT2D eigenvalue weighted by molar-refractivity contribution is 5.93. The summed E-state index contributed by atoms with van der Waals surface area (Å²) >= 11 is 0. The van der Waals surface area contributed by atoms with Gasteiger partial charge in [-0.1, -0.05) is 11.6 Å². The summed E-state index contributed by atoms with van der Waals surface area (Å²) < 4.78 is 16.2. The number of carbonyl (C=O) groups is 2. The monoisotopic (exact) mass is 322 g/mol. The van der Waals surface area contributed by atoms with Crippen LogP contribution in [0.5, 0.6) is 0 Å². The minimum atomic E-state index is -0.847. The first-order chi connectivity index (χ1) is 10.8. The maximum atomic E-state index is 12.2. The molecule has 0 saturated carbocycles. The van der Waals surface area contributed by atoms with Crippen LogP contribution in [-0.4, -0.2) is 47.6 Å². The summed E-state index contributed by atoms with van der Waals surface area (Å²) in [5.41, 5.74) is 1.45. The number of epoxide rings is 1. The van der Waals surface area contributed by atoms with E-state index in [1.807, 2.05) is 13.8 Å². The largest absolute Gasteiger partial charge is 0.461 e. The van der Waals surface area contributed by atoms with Crippen molar-refractivity contribution in [2.45, 2.75) is 63.9 Å². The second-order valence-corrected chi connectivity index (χ2v) is 6.70. The minimum Gasteiger partial charge on any atom is -0.461 e. The standard InChI is InChI=1S/C17H22O6/c1-9-5-4-6-17(3)15(23-17)14-13(12(19)7-9)11(16(20)22-14)8-21-10(2)18/h5,12,14-15,19H,4,6-8H2,1-3H3/b9-5+/t12-,14-,15+,17+/m0/s1. The summed E-state index contributed by atoms with van der Waals surface area (Å²) in [6.07, 6.45) is 2.53. The molecule has 0 aromatic carbocycles. The van der Waals surface area contributed by atoms with Gasteiger partial charge in [-0.15, -0.1) is 0 Å². The molecular weight excluding hydrogens is 300 g/mol. The van der Waals surface area contributed by atoms with Gasteiger partial charge >= 0.3 is 11.9 Å². The van der Waals surface area contributed by atoms with Crippen LogP contribution in [0.25, 0.3) is 0 Å². The van der Waals surface area contributed by atoms with Crippen LogP contribution in [0.1, 0.15) is 40.0 Å². The molecule has 6 nitrogen and oxygen atoms in total. The van der Waals surface area contributed by atoms with Crippen LogP contribution in [-0.2, 0) is 23.8 Å². The average Bonchev–Trinajstić information content (AvgIpc) is 3.00. The van der Waals surface area contributed by atoms with E-state index in [4.69, 9.17) is 14.2 Å². The van der Waals surface area contributed by atoms with Gasteiger partial charge in [0.1, 0.15) is 12.7 Å². The summed E-state index contributed by atoms with van der Waals surface area (Å²) in [4.78, 5) is 23.2. The number of hydrogen-bond acceptors (Lipinski definition) is 6. The van der Waals surface area contributed by atoms with Gasteiger partial charge in [-0.25, -0.2) is 4.79 Å². The first-order valence-electron chi connectivity index (χ1n) is 7.90. The van der Waals surface area contributed by atoms with Gasteiger partial charge in [0, 0.05) is 12.5 Å². The van der Waals surface area contributed by atoms with Gasteiger partial charge in [0.2, 0.25) is 0 Å². The van der Waals surface area contributed by atoms with Gasteiger partial charge in [0.05, 0.1) is 17.3 Å². The van der Waals surface area contributed by atoms with E-state index < -0.39 is 24.1 Å². The van der Waals surface area contributed by atoms with Crippen LogP contribution in [0.3, 0.4) is 0 Å². The minimum absolute atomic E-state index is 0.177. The lowest BCUT2D eigenvalue weighted by Crippen LogP contribution is -2.30. The van der Waals surface area contributed by atoms with Gasteiger partial charge in [-0.2, -0.15) is 0 Å². The number of aliphatic hydroxyl groups is 1. The van der Waals surface area contributed by atoms with E-state index in [1.54, 1.807) is 0 Å². The van der Waals surface area contributed by atoms with Crippen LogP contribution in [0.15, 0.2) is 22.8 Å². The predicted octanol–water partition coefficient (Wildman–Crippen LogP) is 1.42. The SMILES string of the molecule is CC(=O)OCC1=C2[C@@H](O)C/C(C)=C/CC[C@@]3(C)O[C@@H]3[C@H]2OC1=O. The molecule has 1 aliphatic carbocycles. The third-order valence-electron chi connectivity index (χ3n) is 4.78. The smallest absolute Gasteiger partial charge is 0.338 e. The van der Waals surface area contributed by atoms with E-state index in [1.165, 1.54) is 6.92 Å². The molecule has 3 aliphatic rings. The van der Waals surface area contributed by atoms with Crippen molar-refractivity contribution in [1.29, 1.82) is 0 Å². The molecule has 0 aromatic heterocycles. The van der Waals surface area contributed by atoms with E-state index in [9.17, 15) is 14.7 Å². The van der Waals surface area contributed by atoms with Crippen LogP contribution >= 0.6 is 0 Å². The molecule has 0 unspecified atom stereocenters. The Labute approximate surface area is 135 Å². The first-order valence-corrected chi connectivity index (χ1v) is 7.90. The number of fused-ring (bicyclic) bond motifs is 3. The number of ether oxygens (including phenoxy) is 3. The molecule has 0 aromatic rings. The molecule has 2 aliphatic heterocycles. The quantitative estimate of drug-likeness (QED) is 0.470. The zero-order valence-electron chi connectivity index (χ0n) is 13.6. The zero-order valence-corrected chi connectivity index (χ0v) is 13.6. The highest BCUT2D eigenvalue weighted by Gasteiger charge is 2.61. The topological polar surface area (TPSA) is 85.4 Å². The predicted molar refractivity (Wildman–Crippen MR) is 80.4 cm³/mol. The van der Waals surface area contributed by atoms with Crippen LogP contribution < -0.4 is 0 Å². The van der Waals surface area contributed by atoms with Gasteiger partial charge in [0.25, 0.3) is 0 Å². The maximum Gasteiger partial charge on any atom is 0.338 e. The Morgan fingerprint density at radius 2 is 2.26 bits per heavy atom. The summed E-state index contributed by atoms with van der Waals surface area (Å²) in [7, 11) is 0. The molecule has 1 fully saturated rings. The molecule has 4 atom stereocenters. The van der Waals surface area contributed by atoms with Gasteiger partial charge in [-0.05, 0) is 33.1 Å². The van der Waals surface area contributed by atoms with Crippen molar-refractivity contribution >= 4 is 11.9 Å². The lowest BCUT2D eigenvalue weighted by molar-refractivity contribution is -0.143. The summed E-state index contributed by atoms with van der Waals surface area (Å²) in [6, 6.07) is 0. The number of carbonyl (C=O) groups excluding carboxylic acids is 2. The zero-order chi connectivity index (χ0) is 16.8. The van der Waals surface area contributed by atoms with Crippen LogP contribution in [0.4, 0.5) is 0 Å². The summed E-state index contributed by atoms with van der Waals surface area (Å²) in [5.74, 6) is -1.02. The fourth-order valence-corrected chi connectivity index (χ4v) is 3.41. The Kier molecular flexibility index (Phi) is 4.06. The average molecular weight is 322 g/mol. The molecule has 3 rings (SSSR count). The number of aliphatic hydroxyl groups excluding tert-OH is 1. The molecule has 1 saturated heterocycles. The maximum absolute atomic E-state index is 12.2. The summed E-state index contributed by atoms with van der Waals surface area (Å²) in [6.45, 7) is 5.05. The van der Waals surface area contributed by atoms with Crippen molar-refractivity contribution in [2.75, 3.05) is 6.61 Å². The second-order valence-electron chi connectivity index (χ2n) is 6.70. The molecule has 0 radical (unpaired) electrons. The molecule has 0 amide bonds. The van der Waals surface area contributed by atoms with E-state index in [0.29, 0.717) is 12.0 Å². The second kappa shape index (κ2) is 5.76. The van der Waals surface area contributed by atoms with Crippen molar-refractivity contribution < 1.29 is 28.9 Å². The molecule has 1 N–H and O–H groups in total. The van der Waals surface area contributed by atoms with Gasteiger partial charge in [0.15, 0.2) is 6.10 Å². The highest BCUT2D eigenvalue weighted by atomic mass is 16.6. The Hall–Kier alpha value is -1.66. The molecule has 0 bridgehead atoms. The molecule has 0 spiro atoms. The normalized spacial score (nSPS) is 38.9. The lowest BCUT2D eigenvalue weighted by Gasteiger charge is -2.21. The fraction of sp³-hybridized carbons (Fsp3) is 0.647.